The highest BCUT2D eigenvalue weighted by molar-refractivity contribution is 9.10. The number of amides is 1. The van der Waals surface area contributed by atoms with Crippen LogP contribution >= 0.6 is 15.9 Å². The monoisotopic (exact) mass is 351 g/mol. The zero-order chi connectivity index (χ0) is 14.8. The Kier molecular flexibility index (Phi) is 4.05. The van der Waals surface area contributed by atoms with Gasteiger partial charge in [0.15, 0.2) is 0 Å². The summed E-state index contributed by atoms with van der Waals surface area (Å²) in [6, 6.07) is 4.61. The Labute approximate surface area is 130 Å². The van der Waals surface area contributed by atoms with Crippen molar-refractivity contribution in [2.24, 2.45) is 0 Å². The van der Waals surface area contributed by atoms with Crippen molar-refractivity contribution in [3.05, 3.63) is 52.8 Å². The normalized spacial score (nSPS) is 21.4. The van der Waals surface area contributed by atoms with Gasteiger partial charge in [0, 0.05) is 24.0 Å². The van der Waals surface area contributed by atoms with E-state index in [0.29, 0.717) is 10.0 Å². The second-order valence-corrected chi connectivity index (χ2v) is 6.07. The van der Waals surface area contributed by atoms with Gasteiger partial charge in [0.2, 0.25) is 0 Å². The van der Waals surface area contributed by atoms with E-state index in [9.17, 15) is 9.18 Å². The highest BCUT2D eigenvalue weighted by Gasteiger charge is 2.29. The minimum absolute atomic E-state index is 0.0792. The fourth-order valence-electron chi connectivity index (χ4n) is 2.82. The first kappa shape index (κ1) is 14.3. The molecule has 1 aliphatic carbocycles. The first-order valence-corrected chi connectivity index (χ1v) is 7.68. The van der Waals surface area contributed by atoms with Gasteiger partial charge in [-0.25, -0.2) is 9.37 Å². The van der Waals surface area contributed by atoms with Crippen LogP contribution in [0.1, 0.15) is 35.7 Å². The van der Waals surface area contributed by atoms with Crippen LogP contribution in [-0.4, -0.2) is 21.5 Å². The minimum Gasteiger partial charge on any atom is -0.347 e. The molecule has 21 heavy (non-hydrogen) atoms. The lowest BCUT2D eigenvalue weighted by atomic mass is 10.1. The van der Waals surface area contributed by atoms with E-state index in [1.165, 1.54) is 18.2 Å². The number of hydrogen-bond donors (Lipinski definition) is 1. The molecule has 1 saturated carbocycles. The summed E-state index contributed by atoms with van der Waals surface area (Å²) in [6.45, 7) is 0. The van der Waals surface area contributed by atoms with Gasteiger partial charge >= 0.3 is 0 Å². The van der Waals surface area contributed by atoms with E-state index in [4.69, 9.17) is 0 Å². The van der Waals surface area contributed by atoms with Crippen molar-refractivity contribution in [2.45, 2.75) is 31.3 Å². The second kappa shape index (κ2) is 5.97. The van der Waals surface area contributed by atoms with Crippen molar-refractivity contribution in [1.82, 2.24) is 14.9 Å². The minimum atomic E-state index is -0.372. The van der Waals surface area contributed by atoms with Crippen molar-refractivity contribution in [3.8, 4) is 0 Å². The fourth-order valence-corrected chi connectivity index (χ4v) is 3.20. The number of benzene rings is 1. The van der Waals surface area contributed by atoms with Crippen LogP contribution in [0.25, 0.3) is 0 Å². The largest absolute Gasteiger partial charge is 0.347 e. The Balaban J connectivity index is 1.73. The van der Waals surface area contributed by atoms with Crippen LogP contribution in [0.3, 0.4) is 0 Å². The molecule has 3 rings (SSSR count). The van der Waals surface area contributed by atoms with Gasteiger partial charge < -0.3 is 9.88 Å². The summed E-state index contributed by atoms with van der Waals surface area (Å²) in [6.07, 6.45) is 8.48. The van der Waals surface area contributed by atoms with Crippen LogP contribution in [0.4, 0.5) is 4.39 Å². The maximum Gasteiger partial charge on any atom is 0.251 e. The average molecular weight is 352 g/mol. The molecule has 2 aromatic rings. The van der Waals surface area contributed by atoms with Crippen molar-refractivity contribution < 1.29 is 9.18 Å². The summed E-state index contributed by atoms with van der Waals surface area (Å²) in [4.78, 5) is 16.4. The molecule has 0 bridgehead atoms. The average Bonchev–Trinajstić information content (AvgIpc) is 3.12. The summed E-state index contributed by atoms with van der Waals surface area (Å²) >= 11 is 3.10. The molecule has 1 heterocycles. The van der Waals surface area contributed by atoms with Gasteiger partial charge in [-0.05, 0) is 53.4 Å². The lowest BCUT2D eigenvalue weighted by molar-refractivity contribution is 0.0928. The fraction of sp³-hybridized carbons (Fsp3) is 0.333. The first-order chi connectivity index (χ1) is 10.1. The van der Waals surface area contributed by atoms with Crippen LogP contribution in [-0.2, 0) is 0 Å². The van der Waals surface area contributed by atoms with E-state index in [0.717, 1.165) is 19.3 Å². The maximum atomic E-state index is 13.2. The summed E-state index contributed by atoms with van der Waals surface area (Å²) in [5, 5.41) is 3.05. The molecule has 1 N–H and O–H groups in total. The number of carbonyl (C=O) groups is 1. The van der Waals surface area contributed by atoms with E-state index in [1.54, 1.807) is 12.5 Å². The van der Waals surface area contributed by atoms with E-state index in [1.807, 2.05) is 10.8 Å². The molecular weight excluding hydrogens is 337 g/mol. The molecule has 0 spiro atoms. The third kappa shape index (κ3) is 3.00. The SMILES string of the molecule is O=C(NC1CCCC1n1ccnc1)c1ccc(F)c(Br)c1. The number of aromatic nitrogens is 2. The number of rotatable bonds is 3. The molecule has 0 saturated heterocycles. The van der Waals surface area contributed by atoms with Gasteiger partial charge in [-0.3, -0.25) is 4.79 Å². The highest BCUT2D eigenvalue weighted by atomic mass is 79.9. The quantitative estimate of drug-likeness (QED) is 0.921. The predicted molar refractivity (Wildman–Crippen MR) is 80.5 cm³/mol. The molecule has 6 heteroatoms. The van der Waals surface area contributed by atoms with E-state index < -0.39 is 0 Å². The van der Waals surface area contributed by atoms with E-state index >= 15 is 0 Å². The van der Waals surface area contributed by atoms with Crippen molar-refractivity contribution in [3.63, 3.8) is 0 Å². The first-order valence-electron chi connectivity index (χ1n) is 6.88. The zero-order valence-corrected chi connectivity index (χ0v) is 12.9. The summed E-state index contributed by atoms with van der Waals surface area (Å²) in [5.41, 5.74) is 0.458. The molecule has 2 atom stereocenters. The van der Waals surface area contributed by atoms with Gasteiger partial charge in [-0.15, -0.1) is 0 Å². The Bertz CT molecular complexity index is 644. The van der Waals surface area contributed by atoms with Crippen LogP contribution in [0.5, 0.6) is 0 Å². The maximum absolute atomic E-state index is 13.2. The standard InChI is InChI=1S/C15H15BrFN3O/c16-11-8-10(4-5-12(11)17)15(21)19-13-2-1-3-14(13)20-7-6-18-9-20/h4-9,13-14H,1-3H2,(H,19,21). The molecule has 1 aromatic carbocycles. The summed E-state index contributed by atoms with van der Waals surface area (Å²) in [5.74, 6) is -0.545. The molecule has 1 amide bonds. The van der Waals surface area contributed by atoms with Gasteiger partial charge in [0.25, 0.3) is 5.91 Å². The van der Waals surface area contributed by atoms with E-state index in [-0.39, 0.29) is 23.8 Å². The number of hydrogen-bond acceptors (Lipinski definition) is 2. The van der Waals surface area contributed by atoms with Crippen molar-refractivity contribution >= 4 is 21.8 Å². The molecule has 4 nitrogen and oxygen atoms in total. The Hall–Kier alpha value is -1.69. The molecule has 0 aliphatic heterocycles. The summed E-state index contributed by atoms with van der Waals surface area (Å²) < 4.78 is 15.6. The second-order valence-electron chi connectivity index (χ2n) is 5.22. The molecular formula is C15H15BrFN3O. The Morgan fingerprint density at radius 2 is 2.29 bits per heavy atom. The van der Waals surface area contributed by atoms with Gasteiger partial charge in [-0.2, -0.15) is 0 Å². The third-order valence-corrected chi connectivity index (χ3v) is 4.49. The number of nitrogens with one attached hydrogen (secondary N) is 1. The lowest BCUT2D eigenvalue weighted by Gasteiger charge is -2.22. The molecule has 1 aromatic heterocycles. The number of nitrogens with zero attached hydrogens (tertiary/aromatic N) is 2. The smallest absolute Gasteiger partial charge is 0.251 e. The van der Waals surface area contributed by atoms with Gasteiger partial charge in [-0.1, -0.05) is 0 Å². The number of carbonyl (C=O) groups excluding carboxylic acids is 1. The van der Waals surface area contributed by atoms with Crippen molar-refractivity contribution in [1.29, 1.82) is 0 Å². The number of halogens is 2. The Morgan fingerprint density at radius 3 is 3.00 bits per heavy atom. The topological polar surface area (TPSA) is 46.9 Å². The van der Waals surface area contributed by atoms with E-state index in [2.05, 4.69) is 26.2 Å². The number of imidazole rings is 1. The van der Waals surface area contributed by atoms with Gasteiger partial charge in [0.05, 0.1) is 16.8 Å². The summed E-state index contributed by atoms with van der Waals surface area (Å²) in [7, 11) is 0. The molecule has 2 unspecified atom stereocenters. The van der Waals surface area contributed by atoms with Crippen LogP contribution < -0.4 is 5.32 Å². The highest BCUT2D eigenvalue weighted by Crippen LogP contribution is 2.30. The Morgan fingerprint density at radius 1 is 1.43 bits per heavy atom. The van der Waals surface area contributed by atoms with Crippen LogP contribution in [0.15, 0.2) is 41.4 Å². The van der Waals surface area contributed by atoms with Gasteiger partial charge in [0.1, 0.15) is 5.82 Å². The molecule has 0 radical (unpaired) electrons. The van der Waals surface area contributed by atoms with Crippen LogP contribution in [0.2, 0.25) is 0 Å². The molecule has 110 valence electrons. The molecule has 1 fully saturated rings. The predicted octanol–water partition coefficient (Wildman–Crippen LogP) is 3.31. The van der Waals surface area contributed by atoms with Crippen LogP contribution in [0, 0.1) is 5.82 Å². The van der Waals surface area contributed by atoms with Crippen molar-refractivity contribution in [2.75, 3.05) is 0 Å². The third-order valence-electron chi connectivity index (χ3n) is 3.89. The molecule has 1 aliphatic rings. The lowest BCUT2D eigenvalue weighted by Crippen LogP contribution is -2.38. The zero-order valence-electron chi connectivity index (χ0n) is 11.3.